The minimum absolute atomic E-state index is 0.166. The highest BCUT2D eigenvalue weighted by Gasteiger charge is 2.19. The largest absolute Gasteiger partial charge is 0.308 e. The molecule has 0 spiro atoms. The Morgan fingerprint density at radius 1 is 1.24 bits per heavy atom. The van der Waals surface area contributed by atoms with E-state index >= 15 is 0 Å². The van der Waals surface area contributed by atoms with Crippen molar-refractivity contribution in [3.05, 3.63) is 35.2 Å². The molecule has 1 fully saturated rings. The molecular formula is C19H30N2. The zero-order chi connectivity index (χ0) is 15.3. The molecule has 0 radical (unpaired) electrons. The fraction of sp³-hybridized carbons (Fsp3) is 0.632. The van der Waals surface area contributed by atoms with Crippen LogP contribution in [0.2, 0.25) is 0 Å². The first kappa shape index (κ1) is 16.2. The Morgan fingerprint density at radius 2 is 1.95 bits per heavy atom. The molecule has 1 aromatic heterocycles. The van der Waals surface area contributed by atoms with Gasteiger partial charge < -0.3 is 5.32 Å². The molecular weight excluding hydrogens is 256 g/mol. The Labute approximate surface area is 130 Å². The number of pyridine rings is 1. The van der Waals surface area contributed by atoms with Gasteiger partial charge in [0.25, 0.3) is 0 Å². The van der Waals surface area contributed by atoms with E-state index in [4.69, 9.17) is 0 Å². The number of hydrogen-bond donors (Lipinski definition) is 1. The topological polar surface area (TPSA) is 24.9 Å². The van der Waals surface area contributed by atoms with E-state index < -0.39 is 0 Å². The summed E-state index contributed by atoms with van der Waals surface area (Å²) in [5.74, 6) is 0.745. The van der Waals surface area contributed by atoms with Gasteiger partial charge in [0.1, 0.15) is 0 Å². The normalized spacial score (nSPS) is 18.0. The molecule has 2 heteroatoms. The summed E-state index contributed by atoms with van der Waals surface area (Å²) in [6.45, 7) is 9.73. The number of nitrogens with zero attached hydrogens (tertiary/aromatic N) is 1. The van der Waals surface area contributed by atoms with Crippen molar-refractivity contribution in [2.75, 3.05) is 6.54 Å². The van der Waals surface area contributed by atoms with E-state index in [9.17, 15) is 0 Å². The quantitative estimate of drug-likeness (QED) is 0.864. The lowest BCUT2D eigenvalue weighted by molar-refractivity contribution is 0.378. The molecule has 0 bridgehead atoms. The minimum atomic E-state index is 0.166. The number of rotatable bonds is 4. The fourth-order valence-electron chi connectivity index (χ4n) is 2.93. The van der Waals surface area contributed by atoms with E-state index in [1.165, 1.54) is 37.7 Å². The van der Waals surface area contributed by atoms with E-state index in [0.29, 0.717) is 0 Å². The van der Waals surface area contributed by atoms with Crippen molar-refractivity contribution in [3.8, 4) is 0 Å². The smallest absolute Gasteiger partial charge is 0.0373 e. The molecule has 2 nitrogen and oxygen atoms in total. The number of aromatic nitrogens is 1. The van der Waals surface area contributed by atoms with Gasteiger partial charge in [-0.15, -0.1) is 0 Å². The van der Waals surface area contributed by atoms with Gasteiger partial charge >= 0.3 is 0 Å². The Morgan fingerprint density at radius 3 is 2.52 bits per heavy atom. The van der Waals surface area contributed by atoms with Crippen LogP contribution in [0.5, 0.6) is 0 Å². The monoisotopic (exact) mass is 286 g/mol. The summed E-state index contributed by atoms with van der Waals surface area (Å²) in [7, 11) is 0. The highest BCUT2D eigenvalue weighted by molar-refractivity contribution is 5.53. The van der Waals surface area contributed by atoms with Gasteiger partial charge in [-0.25, -0.2) is 0 Å². The molecule has 1 aliphatic carbocycles. The van der Waals surface area contributed by atoms with E-state index in [1.807, 2.05) is 13.1 Å². The highest BCUT2D eigenvalue weighted by atomic mass is 14.9. The van der Waals surface area contributed by atoms with E-state index in [-0.39, 0.29) is 5.54 Å². The minimum Gasteiger partial charge on any atom is -0.308 e. The van der Waals surface area contributed by atoms with Crippen LogP contribution in [0.3, 0.4) is 0 Å². The molecule has 1 N–H and O–H groups in total. The fourth-order valence-corrected chi connectivity index (χ4v) is 2.93. The molecule has 1 saturated carbocycles. The zero-order valence-electron chi connectivity index (χ0n) is 14.1. The van der Waals surface area contributed by atoms with Gasteiger partial charge in [0.05, 0.1) is 0 Å². The maximum Gasteiger partial charge on any atom is 0.0373 e. The average molecular weight is 286 g/mol. The second kappa shape index (κ2) is 7.22. The first-order valence-corrected chi connectivity index (χ1v) is 8.32. The van der Waals surface area contributed by atoms with Gasteiger partial charge in [-0.05, 0) is 58.1 Å². The number of aryl methyl sites for hydroxylation is 1. The van der Waals surface area contributed by atoms with Crippen LogP contribution in [0.15, 0.2) is 23.9 Å². The molecule has 0 amide bonds. The van der Waals surface area contributed by atoms with E-state index in [2.05, 4.69) is 49.3 Å². The summed E-state index contributed by atoms with van der Waals surface area (Å²) in [4.78, 5) is 4.42. The van der Waals surface area contributed by atoms with Crippen molar-refractivity contribution in [1.29, 1.82) is 0 Å². The summed E-state index contributed by atoms with van der Waals surface area (Å²) in [6.07, 6.45) is 11.2. The Hall–Kier alpha value is -1.15. The van der Waals surface area contributed by atoms with Crippen molar-refractivity contribution in [3.63, 3.8) is 0 Å². The maximum absolute atomic E-state index is 4.42. The predicted octanol–water partition coefficient (Wildman–Crippen LogP) is 4.74. The Bertz CT molecular complexity index is 459. The lowest BCUT2D eigenvalue weighted by atomic mass is 9.82. The van der Waals surface area contributed by atoms with Crippen LogP contribution in [0.25, 0.3) is 6.08 Å². The summed E-state index contributed by atoms with van der Waals surface area (Å²) < 4.78 is 0. The van der Waals surface area contributed by atoms with Crippen LogP contribution >= 0.6 is 0 Å². The maximum atomic E-state index is 4.42. The third kappa shape index (κ3) is 5.62. The molecule has 0 atom stereocenters. The molecule has 1 heterocycles. The second-order valence-electron chi connectivity index (χ2n) is 7.39. The molecule has 0 unspecified atom stereocenters. The van der Waals surface area contributed by atoms with Gasteiger partial charge in [-0.3, -0.25) is 4.98 Å². The van der Waals surface area contributed by atoms with Crippen LogP contribution < -0.4 is 5.32 Å². The standard InChI is InChI=1S/C19H30N2/c1-15-10-11-16(13-20-15)12-18(14-21-19(2,3)4)17-8-6-5-7-9-17/h10-13,17,21H,5-9,14H2,1-4H3/b18-12-. The van der Waals surface area contributed by atoms with Gasteiger partial charge in [-0.2, -0.15) is 0 Å². The third-order valence-corrected chi connectivity index (χ3v) is 4.24. The van der Waals surface area contributed by atoms with E-state index in [1.54, 1.807) is 5.57 Å². The molecule has 1 aliphatic rings. The molecule has 2 rings (SSSR count). The second-order valence-corrected chi connectivity index (χ2v) is 7.39. The summed E-state index contributed by atoms with van der Waals surface area (Å²) in [6, 6.07) is 4.28. The lowest BCUT2D eigenvalue weighted by Gasteiger charge is -2.28. The van der Waals surface area contributed by atoms with Crippen LogP contribution in [0.4, 0.5) is 0 Å². The third-order valence-electron chi connectivity index (χ3n) is 4.24. The number of nitrogens with one attached hydrogen (secondary N) is 1. The van der Waals surface area contributed by atoms with Crippen molar-refractivity contribution >= 4 is 6.08 Å². The summed E-state index contributed by atoms with van der Waals surface area (Å²) in [5.41, 5.74) is 4.03. The van der Waals surface area contributed by atoms with E-state index in [0.717, 1.165) is 18.2 Å². The van der Waals surface area contributed by atoms with Crippen molar-refractivity contribution < 1.29 is 0 Å². The lowest BCUT2D eigenvalue weighted by Crippen LogP contribution is -2.38. The van der Waals surface area contributed by atoms with Gasteiger partial charge in [0.15, 0.2) is 0 Å². The molecule has 116 valence electrons. The first-order valence-electron chi connectivity index (χ1n) is 8.32. The van der Waals surface area contributed by atoms with Crippen molar-refractivity contribution in [1.82, 2.24) is 10.3 Å². The van der Waals surface area contributed by atoms with Crippen molar-refractivity contribution in [2.45, 2.75) is 65.3 Å². The summed E-state index contributed by atoms with van der Waals surface area (Å²) in [5, 5.41) is 3.66. The number of hydrogen-bond acceptors (Lipinski definition) is 2. The molecule has 0 aromatic carbocycles. The SMILES string of the molecule is Cc1ccc(/C=C(/CNC(C)(C)C)C2CCCCC2)cn1. The summed E-state index contributed by atoms with van der Waals surface area (Å²) >= 11 is 0. The van der Waals surface area contributed by atoms with Gasteiger partial charge in [-0.1, -0.05) is 37.0 Å². The predicted molar refractivity (Wildman–Crippen MR) is 91.3 cm³/mol. The average Bonchev–Trinajstić information content (AvgIpc) is 2.45. The molecule has 1 aromatic rings. The Kier molecular flexibility index (Phi) is 5.58. The van der Waals surface area contributed by atoms with Gasteiger partial charge in [0, 0.05) is 24.0 Å². The van der Waals surface area contributed by atoms with Crippen LogP contribution in [-0.4, -0.2) is 17.1 Å². The highest BCUT2D eigenvalue weighted by Crippen LogP contribution is 2.30. The molecule has 21 heavy (non-hydrogen) atoms. The molecule has 0 saturated heterocycles. The van der Waals surface area contributed by atoms with Crippen LogP contribution in [0, 0.1) is 12.8 Å². The van der Waals surface area contributed by atoms with Crippen LogP contribution in [0.1, 0.15) is 64.1 Å². The zero-order valence-corrected chi connectivity index (χ0v) is 14.1. The molecule has 0 aliphatic heterocycles. The van der Waals surface area contributed by atoms with Crippen LogP contribution in [-0.2, 0) is 0 Å². The first-order chi connectivity index (χ1) is 9.94. The Balaban J connectivity index is 2.15. The van der Waals surface area contributed by atoms with Gasteiger partial charge in [0.2, 0.25) is 0 Å². The van der Waals surface area contributed by atoms with Crippen molar-refractivity contribution in [2.24, 2.45) is 5.92 Å².